The maximum absolute atomic E-state index is 9.42. The van der Waals surface area contributed by atoms with Gasteiger partial charge in [-0.2, -0.15) is 10.4 Å². The summed E-state index contributed by atoms with van der Waals surface area (Å²) in [5.41, 5.74) is 10.9. The second kappa shape index (κ2) is 8.13. The van der Waals surface area contributed by atoms with E-state index in [0.717, 1.165) is 62.8 Å². The molecule has 10 nitrogen and oxygen atoms in total. The highest BCUT2D eigenvalue weighted by Gasteiger charge is 2.51. The topological polar surface area (TPSA) is 108 Å². The van der Waals surface area contributed by atoms with Crippen LogP contribution >= 0.6 is 0 Å². The smallest absolute Gasteiger partial charge is 0.142 e. The Labute approximate surface area is 216 Å². The molecule has 3 saturated heterocycles. The first-order chi connectivity index (χ1) is 17.8. The van der Waals surface area contributed by atoms with Crippen molar-refractivity contribution in [1.82, 2.24) is 19.5 Å². The van der Waals surface area contributed by atoms with E-state index in [2.05, 4.69) is 45.8 Å². The quantitative estimate of drug-likeness (QED) is 0.570. The predicted molar refractivity (Wildman–Crippen MR) is 138 cm³/mol. The number of aromatic nitrogens is 3. The van der Waals surface area contributed by atoms with E-state index in [0.29, 0.717) is 12.3 Å². The molecule has 37 heavy (non-hydrogen) atoms. The highest BCUT2D eigenvalue weighted by molar-refractivity contribution is 5.74. The van der Waals surface area contributed by atoms with Crippen molar-refractivity contribution in [3.05, 3.63) is 53.5 Å². The molecule has 3 aromatic heterocycles. The van der Waals surface area contributed by atoms with Gasteiger partial charge in [-0.15, -0.1) is 0 Å². The van der Waals surface area contributed by atoms with Gasteiger partial charge in [0.1, 0.15) is 23.2 Å². The fourth-order valence-corrected chi connectivity index (χ4v) is 6.52. The zero-order valence-corrected chi connectivity index (χ0v) is 21.3. The van der Waals surface area contributed by atoms with Gasteiger partial charge in [-0.3, -0.25) is 4.90 Å². The van der Waals surface area contributed by atoms with Crippen LogP contribution in [0.5, 0.6) is 0 Å². The Balaban J connectivity index is 1.02. The van der Waals surface area contributed by atoms with Crippen LogP contribution in [0, 0.1) is 11.3 Å². The minimum atomic E-state index is -0.255. The zero-order chi connectivity index (χ0) is 25.4. The standard InChI is InChI=1S/C27H32N8O2/c1-18-10-33(23-4-3-20(8-28)35-24(23)5-6-31-35)12-21(37-18)11-32-16-27(17-32)22-9-30-25(7-19(22)13-36-27)34-14-26(2,29)15-34/h3-7,9,18,21H,10-17,29H2,1-2H3. The van der Waals surface area contributed by atoms with E-state index < -0.39 is 0 Å². The molecule has 4 aliphatic rings. The minimum absolute atomic E-state index is 0.0816. The van der Waals surface area contributed by atoms with E-state index in [1.165, 1.54) is 11.1 Å². The lowest BCUT2D eigenvalue weighted by Crippen LogP contribution is -2.65. The lowest BCUT2D eigenvalue weighted by molar-refractivity contribution is -0.155. The van der Waals surface area contributed by atoms with E-state index >= 15 is 0 Å². The summed E-state index contributed by atoms with van der Waals surface area (Å²) in [7, 11) is 0. The first kappa shape index (κ1) is 22.9. The molecule has 3 fully saturated rings. The van der Waals surface area contributed by atoms with Crippen molar-refractivity contribution in [3.63, 3.8) is 0 Å². The molecule has 7 rings (SSSR count). The summed E-state index contributed by atoms with van der Waals surface area (Å²) in [4.78, 5) is 11.8. The third-order valence-electron chi connectivity index (χ3n) is 8.13. The van der Waals surface area contributed by atoms with Gasteiger partial charge in [-0.05, 0) is 43.7 Å². The molecule has 2 N–H and O–H groups in total. The largest absolute Gasteiger partial charge is 0.370 e. The Morgan fingerprint density at radius 3 is 2.78 bits per heavy atom. The molecule has 4 aliphatic heterocycles. The Bertz CT molecular complexity index is 1400. The summed E-state index contributed by atoms with van der Waals surface area (Å²) in [5.74, 6) is 0.998. The number of hydrogen-bond acceptors (Lipinski definition) is 9. The molecule has 0 aliphatic carbocycles. The van der Waals surface area contributed by atoms with Crippen molar-refractivity contribution in [2.45, 2.75) is 43.8 Å². The van der Waals surface area contributed by atoms with Gasteiger partial charge in [-0.25, -0.2) is 9.50 Å². The zero-order valence-electron chi connectivity index (χ0n) is 21.3. The molecule has 0 bridgehead atoms. The summed E-state index contributed by atoms with van der Waals surface area (Å²) in [6, 6.07) is 10.2. The van der Waals surface area contributed by atoms with E-state index in [4.69, 9.17) is 20.2 Å². The van der Waals surface area contributed by atoms with Crippen LogP contribution in [0.15, 0.2) is 36.7 Å². The first-order valence-corrected chi connectivity index (χ1v) is 13.0. The van der Waals surface area contributed by atoms with Crippen LogP contribution in [0.2, 0.25) is 0 Å². The number of nitrogens with two attached hydrogens (primary N) is 1. The van der Waals surface area contributed by atoms with E-state index in [-0.39, 0.29) is 23.3 Å². The van der Waals surface area contributed by atoms with Crippen molar-refractivity contribution >= 4 is 17.0 Å². The number of ether oxygens (including phenoxy) is 2. The summed E-state index contributed by atoms with van der Waals surface area (Å²) in [5, 5.41) is 13.8. The molecule has 0 saturated carbocycles. The third kappa shape index (κ3) is 3.77. The number of morpholine rings is 1. The van der Waals surface area contributed by atoms with Gasteiger partial charge >= 0.3 is 0 Å². The summed E-state index contributed by atoms with van der Waals surface area (Å²) < 4.78 is 14.4. The lowest BCUT2D eigenvalue weighted by Gasteiger charge is -2.50. The number of anilines is 2. The Kier molecular flexibility index (Phi) is 5.04. The maximum atomic E-state index is 9.42. The molecule has 2 unspecified atom stereocenters. The minimum Gasteiger partial charge on any atom is -0.370 e. The number of nitriles is 1. The van der Waals surface area contributed by atoms with Crippen LogP contribution in [-0.4, -0.2) is 83.1 Å². The summed E-state index contributed by atoms with van der Waals surface area (Å²) in [6.45, 7) is 10.7. The van der Waals surface area contributed by atoms with Crippen molar-refractivity contribution in [1.29, 1.82) is 5.26 Å². The molecule has 2 atom stereocenters. The van der Waals surface area contributed by atoms with Crippen molar-refractivity contribution in [2.75, 3.05) is 55.6 Å². The molecule has 192 valence electrons. The number of rotatable bonds is 4. The predicted octanol–water partition coefficient (Wildman–Crippen LogP) is 1.47. The summed E-state index contributed by atoms with van der Waals surface area (Å²) >= 11 is 0. The number of likely N-dealkylation sites (tertiary alicyclic amines) is 1. The van der Waals surface area contributed by atoms with E-state index in [9.17, 15) is 5.26 Å². The van der Waals surface area contributed by atoms with Gasteiger partial charge in [0, 0.05) is 63.1 Å². The van der Waals surface area contributed by atoms with Crippen molar-refractivity contribution < 1.29 is 9.47 Å². The molecule has 0 radical (unpaired) electrons. The van der Waals surface area contributed by atoms with Crippen LogP contribution in [0.3, 0.4) is 0 Å². The van der Waals surface area contributed by atoms with Crippen LogP contribution in [-0.2, 0) is 21.7 Å². The number of hydrogen-bond donors (Lipinski definition) is 1. The number of nitrogens with zero attached hydrogens (tertiary/aromatic N) is 7. The van der Waals surface area contributed by atoms with Gasteiger partial charge in [0.15, 0.2) is 0 Å². The van der Waals surface area contributed by atoms with E-state index in [1.54, 1.807) is 10.7 Å². The van der Waals surface area contributed by atoms with Crippen molar-refractivity contribution in [2.24, 2.45) is 5.73 Å². The van der Waals surface area contributed by atoms with Crippen LogP contribution in [0.4, 0.5) is 11.5 Å². The molecule has 0 aromatic carbocycles. The molecule has 0 amide bonds. The van der Waals surface area contributed by atoms with Gasteiger partial charge in [0.25, 0.3) is 0 Å². The molecule has 7 heterocycles. The highest BCUT2D eigenvalue weighted by atomic mass is 16.5. The average molecular weight is 501 g/mol. The van der Waals surface area contributed by atoms with Crippen LogP contribution in [0.1, 0.15) is 30.7 Å². The normalized spacial score (nSPS) is 26.1. The van der Waals surface area contributed by atoms with Gasteiger partial charge in [0.05, 0.1) is 36.2 Å². The molecule has 10 heteroatoms. The Hall–Kier alpha value is -3.23. The van der Waals surface area contributed by atoms with Crippen molar-refractivity contribution in [3.8, 4) is 6.07 Å². The summed E-state index contributed by atoms with van der Waals surface area (Å²) in [6.07, 6.45) is 3.95. The third-order valence-corrected chi connectivity index (χ3v) is 8.13. The second-order valence-corrected chi connectivity index (χ2v) is 11.5. The average Bonchev–Trinajstić information content (AvgIpc) is 3.47. The molecular weight excluding hydrogens is 468 g/mol. The highest BCUT2D eigenvalue weighted by Crippen LogP contribution is 2.44. The SMILES string of the molecule is CC1CN(c2ccc(C#N)n3nccc23)CC(CN2CC3(C2)OCc2cc(N4CC(C)(N)C4)ncc23)O1. The van der Waals surface area contributed by atoms with E-state index in [1.807, 2.05) is 24.4 Å². The fourth-order valence-electron chi connectivity index (χ4n) is 6.52. The van der Waals surface area contributed by atoms with Gasteiger partial charge in [0.2, 0.25) is 0 Å². The first-order valence-electron chi connectivity index (χ1n) is 13.0. The van der Waals surface area contributed by atoms with Crippen LogP contribution in [0.25, 0.3) is 5.52 Å². The molecule has 3 aromatic rings. The molecule has 1 spiro atoms. The lowest BCUT2D eigenvalue weighted by atomic mass is 9.86. The Morgan fingerprint density at radius 2 is 2.00 bits per heavy atom. The van der Waals surface area contributed by atoms with Gasteiger partial charge < -0.3 is 25.0 Å². The number of fused-ring (bicyclic) bond motifs is 3. The molecular formula is C27H32N8O2. The second-order valence-electron chi connectivity index (χ2n) is 11.5. The Morgan fingerprint density at radius 1 is 1.16 bits per heavy atom. The van der Waals surface area contributed by atoms with Gasteiger partial charge in [-0.1, -0.05) is 0 Å². The fraction of sp³-hybridized carbons (Fsp3) is 0.519. The van der Waals surface area contributed by atoms with Crippen LogP contribution < -0.4 is 15.5 Å². The monoisotopic (exact) mass is 500 g/mol. The maximum Gasteiger partial charge on any atom is 0.142 e. The number of pyridine rings is 2.